The molecule has 1 amide bonds. The summed E-state index contributed by atoms with van der Waals surface area (Å²) in [6.07, 6.45) is -0.552. The minimum atomic E-state index is -1.14. The minimum absolute atomic E-state index is 0.116. The van der Waals surface area contributed by atoms with E-state index >= 15 is 0 Å². The number of anilines is 2. The molecule has 1 atom stereocenters. The number of hydrogen-bond donors (Lipinski definition) is 2. The first-order valence-electron chi connectivity index (χ1n) is 11.2. The number of para-hydroxylation sites is 1. The number of nitrogens with zero attached hydrogens (tertiary/aromatic N) is 2. The van der Waals surface area contributed by atoms with Crippen molar-refractivity contribution >= 4 is 38.8 Å². The van der Waals surface area contributed by atoms with Crippen molar-refractivity contribution < 1.29 is 27.8 Å². The number of fused-ring (bicyclic) bond motifs is 1. The Morgan fingerprint density at radius 2 is 2.00 bits per heavy atom. The highest BCUT2D eigenvalue weighted by Crippen LogP contribution is 2.38. The van der Waals surface area contributed by atoms with Crippen LogP contribution in [-0.2, 0) is 20.7 Å². The molecule has 2 aromatic carbocycles. The van der Waals surface area contributed by atoms with E-state index in [1.165, 1.54) is 23.5 Å². The van der Waals surface area contributed by atoms with Gasteiger partial charge in [0.25, 0.3) is 0 Å². The number of halogens is 2. The maximum atomic E-state index is 14.7. The van der Waals surface area contributed by atoms with Crippen molar-refractivity contribution in [3.63, 3.8) is 0 Å². The highest BCUT2D eigenvalue weighted by molar-refractivity contribution is 7.17. The summed E-state index contributed by atoms with van der Waals surface area (Å²) in [4.78, 5) is 11.1. The Bertz CT molecular complexity index is 1410. The molecule has 0 spiro atoms. The van der Waals surface area contributed by atoms with Gasteiger partial charge in [-0.1, -0.05) is 18.2 Å². The first-order chi connectivity index (χ1) is 17.5. The number of carbonyl (C=O) groups is 1. The fourth-order valence-electron chi connectivity index (χ4n) is 3.89. The van der Waals surface area contributed by atoms with E-state index < -0.39 is 24.0 Å². The number of benzene rings is 2. The molecule has 1 fully saturated rings. The number of carbonyl (C=O) groups excluding carboxylic acids is 1. The van der Waals surface area contributed by atoms with Crippen LogP contribution in [0.4, 0.5) is 20.3 Å². The van der Waals surface area contributed by atoms with Crippen molar-refractivity contribution in [1.29, 1.82) is 0 Å². The van der Waals surface area contributed by atoms with Crippen molar-refractivity contribution in [2.75, 3.05) is 31.7 Å². The number of nitrogens with one attached hydrogen (secondary N) is 1. The van der Waals surface area contributed by atoms with E-state index in [-0.39, 0.29) is 23.2 Å². The second-order valence-electron chi connectivity index (χ2n) is 8.10. The molecule has 1 saturated heterocycles. The van der Waals surface area contributed by atoms with E-state index in [0.717, 1.165) is 10.3 Å². The van der Waals surface area contributed by atoms with Gasteiger partial charge in [-0.2, -0.15) is 0 Å². The Balaban J connectivity index is 1.44. The molecular formula is C25H22F2N4O4S. The first kappa shape index (κ1) is 24.0. The molecule has 3 heterocycles. The highest BCUT2D eigenvalue weighted by Gasteiger charge is 2.20. The number of aromatic nitrogens is 2. The van der Waals surface area contributed by atoms with Gasteiger partial charge in [0, 0.05) is 16.5 Å². The average molecular weight is 513 g/mol. The third kappa shape index (κ3) is 4.99. The topological polar surface area (TPSA) is 109 Å². The van der Waals surface area contributed by atoms with Crippen LogP contribution in [0.5, 0.6) is 5.75 Å². The van der Waals surface area contributed by atoms with Gasteiger partial charge in [-0.25, -0.2) is 8.78 Å². The van der Waals surface area contributed by atoms with Gasteiger partial charge in [-0.05, 0) is 29.6 Å². The number of nitrogens with two attached hydrogens (primary N) is 1. The van der Waals surface area contributed by atoms with E-state index in [2.05, 4.69) is 15.5 Å². The number of hydrogen-bond acceptors (Lipinski definition) is 8. The summed E-state index contributed by atoms with van der Waals surface area (Å²) in [6, 6.07) is 11.9. The third-order valence-electron chi connectivity index (χ3n) is 5.62. The molecule has 1 aliphatic heterocycles. The standard InChI is InChI=1S/C25H22F2N4O4S/c26-21-14(11-20(28)32)5-6-18(22(21)27)29-25-17-7-10-36-24(17)23(30-31-25)16-3-1-2-4-19(16)35-13-15-12-33-8-9-34-15/h1-7,10,15H,8-9,11-13H2,(H2,28,32)(H,29,31)/t15-/m0/s1. The molecule has 8 nitrogen and oxygen atoms in total. The lowest BCUT2D eigenvalue weighted by atomic mass is 10.1. The quantitative estimate of drug-likeness (QED) is 0.364. The van der Waals surface area contributed by atoms with Crippen molar-refractivity contribution in [3.8, 4) is 17.0 Å². The monoisotopic (exact) mass is 512 g/mol. The van der Waals surface area contributed by atoms with Crippen molar-refractivity contribution in [1.82, 2.24) is 10.2 Å². The Hall–Kier alpha value is -3.67. The van der Waals surface area contributed by atoms with Gasteiger partial charge in [0.05, 0.1) is 36.6 Å². The Morgan fingerprint density at radius 3 is 2.81 bits per heavy atom. The number of amides is 1. The molecule has 186 valence electrons. The van der Waals surface area contributed by atoms with Crippen LogP contribution in [-0.4, -0.2) is 48.6 Å². The first-order valence-corrected chi connectivity index (χ1v) is 12.1. The van der Waals surface area contributed by atoms with E-state index in [9.17, 15) is 13.6 Å². The number of rotatable bonds is 8. The number of ether oxygens (including phenoxy) is 3. The molecule has 5 rings (SSSR count). The fourth-order valence-corrected chi connectivity index (χ4v) is 4.78. The summed E-state index contributed by atoms with van der Waals surface area (Å²) < 4.78 is 47.0. The van der Waals surface area contributed by atoms with Crippen LogP contribution < -0.4 is 15.8 Å². The predicted molar refractivity (Wildman–Crippen MR) is 131 cm³/mol. The van der Waals surface area contributed by atoms with Crippen LogP contribution in [0, 0.1) is 11.6 Å². The normalized spacial score (nSPS) is 15.7. The summed E-state index contributed by atoms with van der Waals surface area (Å²) >= 11 is 1.44. The molecule has 2 aromatic heterocycles. The van der Waals surface area contributed by atoms with Gasteiger partial charge in [0.2, 0.25) is 5.91 Å². The largest absolute Gasteiger partial charge is 0.490 e. The molecule has 4 aromatic rings. The molecule has 0 saturated carbocycles. The smallest absolute Gasteiger partial charge is 0.221 e. The van der Waals surface area contributed by atoms with Gasteiger partial charge in [-0.15, -0.1) is 21.5 Å². The van der Waals surface area contributed by atoms with E-state index in [1.54, 1.807) is 0 Å². The van der Waals surface area contributed by atoms with Gasteiger partial charge in [0.1, 0.15) is 24.2 Å². The molecule has 0 unspecified atom stereocenters. The summed E-state index contributed by atoms with van der Waals surface area (Å²) in [5, 5.41) is 14.0. The summed E-state index contributed by atoms with van der Waals surface area (Å²) in [6.45, 7) is 1.91. The van der Waals surface area contributed by atoms with Gasteiger partial charge in [-0.3, -0.25) is 4.79 Å². The number of thiophene rings is 1. The summed E-state index contributed by atoms with van der Waals surface area (Å²) in [7, 11) is 0. The zero-order valence-corrected chi connectivity index (χ0v) is 19.8. The Labute approximate surface area is 209 Å². The van der Waals surface area contributed by atoms with Gasteiger partial charge < -0.3 is 25.3 Å². The fraction of sp³-hybridized carbons (Fsp3) is 0.240. The van der Waals surface area contributed by atoms with Crippen LogP contribution in [0.1, 0.15) is 5.56 Å². The van der Waals surface area contributed by atoms with Crippen LogP contribution in [0.2, 0.25) is 0 Å². The molecule has 1 aliphatic rings. The van der Waals surface area contributed by atoms with Crippen LogP contribution >= 0.6 is 11.3 Å². The lowest BCUT2D eigenvalue weighted by Gasteiger charge is -2.23. The summed E-state index contributed by atoms with van der Waals surface area (Å²) in [5.74, 6) is -2.13. The third-order valence-corrected chi connectivity index (χ3v) is 6.54. The molecule has 0 bridgehead atoms. The van der Waals surface area contributed by atoms with Crippen LogP contribution in [0.15, 0.2) is 47.8 Å². The van der Waals surface area contributed by atoms with E-state index in [1.807, 2.05) is 35.7 Å². The Morgan fingerprint density at radius 1 is 1.14 bits per heavy atom. The number of primary amides is 1. The molecule has 3 N–H and O–H groups in total. The van der Waals surface area contributed by atoms with Crippen molar-refractivity contribution in [2.24, 2.45) is 5.73 Å². The highest BCUT2D eigenvalue weighted by atomic mass is 32.1. The molecule has 36 heavy (non-hydrogen) atoms. The molecular weight excluding hydrogens is 490 g/mol. The van der Waals surface area contributed by atoms with Gasteiger partial charge >= 0.3 is 0 Å². The summed E-state index contributed by atoms with van der Waals surface area (Å²) in [5.41, 5.74) is 6.20. The van der Waals surface area contributed by atoms with Crippen LogP contribution in [0.3, 0.4) is 0 Å². The molecule has 0 radical (unpaired) electrons. The molecule has 11 heteroatoms. The predicted octanol–water partition coefficient (Wildman–Crippen LogP) is 4.20. The van der Waals surface area contributed by atoms with Crippen LogP contribution in [0.25, 0.3) is 21.3 Å². The lowest BCUT2D eigenvalue weighted by molar-refractivity contribution is -0.117. The average Bonchev–Trinajstić information content (AvgIpc) is 3.39. The van der Waals surface area contributed by atoms with Crippen molar-refractivity contribution in [3.05, 3.63) is 65.0 Å². The zero-order valence-electron chi connectivity index (χ0n) is 19.0. The lowest BCUT2D eigenvalue weighted by Crippen LogP contribution is -2.33. The van der Waals surface area contributed by atoms with Gasteiger partial charge in [0.15, 0.2) is 17.5 Å². The zero-order chi connectivity index (χ0) is 25.1. The second kappa shape index (κ2) is 10.5. The SMILES string of the molecule is NC(=O)Cc1ccc(Nc2nnc(-c3ccccc3OC[C@@H]3COCCO3)c3sccc23)c(F)c1F. The van der Waals surface area contributed by atoms with E-state index in [0.29, 0.717) is 43.3 Å². The van der Waals surface area contributed by atoms with Crippen molar-refractivity contribution in [2.45, 2.75) is 12.5 Å². The second-order valence-corrected chi connectivity index (χ2v) is 9.02. The maximum Gasteiger partial charge on any atom is 0.221 e. The minimum Gasteiger partial charge on any atom is -0.490 e. The Kier molecular flexibility index (Phi) is 7.03. The maximum absolute atomic E-state index is 14.7. The van der Waals surface area contributed by atoms with E-state index in [4.69, 9.17) is 19.9 Å². The molecule has 0 aliphatic carbocycles.